The predicted octanol–water partition coefficient (Wildman–Crippen LogP) is -3.37. The van der Waals surface area contributed by atoms with Gasteiger partial charge in [-0.2, -0.15) is 0 Å². The molecule has 1 N–H and O–H groups in total. The Labute approximate surface area is 63.4 Å². The summed E-state index contributed by atoms with van der Waals surface area (Å²) in [6, 6.07) is 4.67. The molecule has 62 valence electrons. The van der Waals surface area contributed by atoms with Crippen LogP contribution in [0.1, 0.15) is 0 Å². The summed E-state index contributed by atoms with van der Waals surface area (Å²) >= 11 is 0. The smallest absolute Gasteiger partial charge is 0.511 e. The number of aromatic nitrogens is 1. The molecule has 6 heteroatoms. The molecule has 0 saturated carbocycles. The van der Waals surface area contributed by atoms with E-state index in [4.69, 9.17) is 4.55 Å². The monoisotopic (exact) mass is 179 g/mol. The summed E-state index contributed by atoms with van der Waals surface area (Å²) < 4.78 is 29.8. The molecule has 0 unspecified atom stereocenters. The maximum absolute atomic E-state index is 10.4. The van der Waals surface area contributed by atoms with Gasteiger partial charge in [0, 0.05) is 12.1 Å². The van der Waals surface area contributed by atoms with E-state index in [-0.39, 0.29) is 4.70 Å². The van der Waals surface area contributed by atoms with E-state index < -0.39 is 10.3 Å². The molecule has 0 aliphatic heterocycles. The van der Waals surface area contributed by atoms with Crippen LogP contribution in [0.15, 0.2) is 30.6 Å². The molecule has 0 saturated heterocycles. The van der Waals surface area contributed by atoms with Gasteiger partial charge in [-0.3, -0.25) is 0 Å². The highest BCUT2D eigenvalue weighted by Crippen LogP contribution is 1.79. The lowest BCUT2D eigenvalue weighted by molar-refractivity contribution is -0.519. The standard InChI is InChI=1S/C5H5NO3S.FH/c7-10(8,9)6-4-2-1-3-5-6;/h1-5H;1H. The summed E-state index contributed by atoms with van der Waals surface area (Å²) in [4.78, 5) is 0. The van der Waals surface area contributed by atoms with Crippen LogP contribution >= 0.6 is 0 Å². The molecule has 4 nitrogen and oxygen atoms in total. The first-order valence-electron chi connectivity index (χ1n) is 2.55. The molecule has 1 aromatic rings. The van der Waals surface area contributed by atoms with E-state index in [9.17, 15) is 8.42 Å². The average molecular weight is 179 g/mol. The fraction of sp³-hybridized carbons (Fsp3) is 0. The predicted molar refractivity (Wildman–Crippen MR) is 33.6 cm³/mol. The van der Waals surface area contributed by atoms with Crippen LogP contribution < -0.4 is 8.68 Å². The largest absolute Gasteiger partial charge is 1.00 e. The van der Waals surface area contributed by atoms with Crippen molar-refractivity contribution in [1.29, 1.82) is 0 Å². The zero-order valence-electron chi connectivity index (χ0n) is 5.38. The van der Waals surface area contributed by atoms with Gasteiger partial charge in [0.2, 0.25) is 0 Å². The van der Waals surface area contributed by atoms with Gasteiger partial charge in [0.05, 0.1) is 0 Å². The molecule has 0 aliphatic rings. The zero-order chi connectivity index (χ0) is 7.61. The number of halogens is 1. The van der Waals surface area contributed by atoms with Crippen LogP contribution in [-0.2, 0) is 10.3 Å². The Bertz CT molecular complexity index is 310. The number of nitrogens with zero attached hydrogens (tertiary/aromatic N) is 1. The van der Waals surface area contributed by atoms with Crippen LogP contribution in [0.2, 0.25) is 0 Å². The zero-order valence-corrected chi connectivity index (χ0v) is 6.20. The van der Waals surface area contributed by atoms with Crippen LogP contribution in [0.3, 0.4) is 0 Å². The van der Waals surface area contributed by atoms with Gasteiger partial charge >= 0.3 is 10.3 Å². The Hall–Kier alpha value is -1.01. The van der Waals surface area contributed by atoms with Crippen molar-refractivity contribution in [3.8, 4) is 0 Å². The highest BCUT2D eigenvalue weighted by atomic mass is 32.2. The first-order chi connectivity index (χ1) is 4.61. The van der Waals surface area contributed by atoms with Gasteiger partial charge in [0.15, 0.2) is 12.4 Å². The van der Waals surface area contributed by atoms with E-state index in [2.05, 4.69) is 0 Å². The quantitative estimate of drug-likeness (QED) is 0.361. The summed E-state index contributed by atoms with van der Waals surface area (Å²) in [5.74, 6) is 0. The number of pyridine rings is 1. The second-order valence-electron chi connectivity index (χ2n) is 1.68. The van der Waals surface area contributed by atoms with E-state index >= 15 is 0 Å². The third kappa shape index (κ3) is 2.60. The van der Waals surface area contributed by atoms with E-state index in [0.29, 0.717) is 3.97 Å². The summed E-state index contributed by atoms with van der Waals surface area (Å²) in [5.41, 5.74) is 0. The van der Waals surface area contributed by atoms with Crippen molar-refractivity contribution in [2.45, 2.75) is 0 Å². The first-order valence-corrected chi connectivity index (χ1v) is 3.95. The van der Waals surface area contributed by atoms with Gasteiger partial charge in [-0.05, 0) is 0 Å². The maximum atomic E-state index is 10.4. The Morgan fingerprint density at radius 1 is 1.09 bits per heavy atom. The summed E-state index contributed by atoms with van der Waals surface area (Å²) in [5, 5.41) is 0. The van der Waals surface area contributed by atoms with Crippen LogP contribution in [-0.4, -0.2) is 13.0 Å². The third-order valence-electron chi connectivity index (χ3n) is 0.955. The van der Waals surface area contributed by atoms with E-state index in [0.717, 1.165) is 0 Å². The minimum atomic E-state index is -4.09. The Kier molecular flexibility index (Phi) is 3.09. The lowest BCUT2D eigenvalue weighted by atomic mass is 10.5. The van der Waals surface area contributed by atoms with Crippen molar-refractivity contribution >= 4 is 10.3 Å². The van der Waals surface area contributed by atoms with E-state index in [1.165, 1.54) is 24.5 Å². The second kappa shape index (κ2) is 3.40. The molecule has 1 rings (SSSR count). The first kappa shape index (κ1) is 9.99. The molecule has 0 radical (unpaired) electrons. The molecule has 0 amide bonds. The van der Waals surface area contributed by atoms with Crippen LogP contribution in [0.5, 0.6) is 0 Å². The molecular weight excluding hydrogens is 173 g/mol. The fourth-order valence-corrected chi connectivity index (χ4v) is 0.985. The van der Waals surface area contributed by atoms with Gasteiger partial charge in [0.25, 0.3) is 0 Å². The van der Waals surface area contributed by atoms with Crippen LogP contribution in [0.25, 0.3) is 0 Å². The molecule has 0 bridgehead atoms. The van der Waals surface area contributed by atoms with Crippen molar-refractivity contribution in [3.63, 3.8) is 0 Å². The molecule has 1 aromatic heterocycles. The minimum Gasteiger partial charge on any atom is -1.00 e. The van der Waals surface area contributed by atoms with Crippen molar-refractivity contribution in [3.05, 3.63) is 30.6 Å². The molecule has 0 spiro atoms. The number of hydrogen-bond donors (Lipinski definition) is 1. The third-order valence-corrected chi connectivity index (χ3v) is 1.73. The van der Waals surface area contributed by atoms with Crippen LogP contribution in [0, 0.1) is 0 Å². The fourth-order valence-electron chi connectivity index (χ4n) is 0.537. The molecule has 0 atom stereocenters. The lowest BCUT2D eigenvalue weighted by Crippen LogP contribution is -3.00. The molecule has 0 aromatic carbocycles. The molecule has 0 aliphatic carbocycles. The van der Waals surface area contributed by atoms with Gasteiger partial charge in [0.1, 0.15) is 0 Å². The summed E-state index contributed by atoms with van der Waals surface area (Å²) in [6.07, 6.45) is 2.49. The van der Waals surface area contributed by atoms with E-state index in [1.54, 1.807) is 6.07 Å². The van der Waals surface area contributed by atoms with E-state index in [1.807, 2.05) is 0 Å². The Morgan fingerprint density at radius 3 is 1.82 bits per heavy atom. The number of hydrogen-bond acceptors (Lipinski definition) is 2. The molecular formula is C5H6FNO3S. The minimum absolute atomic E-state index is 0. The maximum Gasteiger partial charge on any atom is 0.511 e. The van der Waals surface area contributed by atoms with Crippen molar-refractivity contribution in [1.82, 2.24) is 0 Å². The summed E-state index contributed by atoms with van der Waals surface area (Å²) in [6.45, 7) is 0. The normalized spacial score (nSPS) is 10.3. The lowest BCUT2D eigenvalue weighted by Gasteiger charge is -1.85. The Balaban J connectivity index is 0.000001000. The van der Waals surface area contributed by atoms with Crippen molar-refractivity contribution in [2.75, 3.05) is 0 Å². The second-order valence-corrected chi connectivity index (χ2v) is 3.00. The highest BCUT2D eigenvalue weighted by Gasteiger charge is 2.14. The van der Waals surface area contributed by atoms with Gasteiger partial charge in [-0.1, -0.05) is 10.0 Å². The number of rotatable bonds is 1. The highest BCUT2D eigenvalue weighted by molar-refractivity contribution is 7.79. The van der Waals surface area contributed by atoms with Gasteiger partial charge in [-0.15, -0.1) is 8.42 Å². The molecule has 0 fully saturated rings. The van der Waals surface area contributed by atoms with Crippen molar-refractivity contribution in [2.24, 2.45) is 0 Å². The summed E-state index contributed by atoms with van der Waals surface area (Å²) in [7, 11) is -4.09. The average Bonchev–Trinajstić information content (AvgIpc) is 1.88. The molecule has 11 heavy (non-hydrogen) atoms. The van der Waals surface area contributed by atoms with Crippen LogP contribution in [0.4, 0.5) is 0 Å². The SMILES string of the molecule is O=S(=O)(O)[n+]1ccccc1.[F-]. The molecule has 1 heterocycles. The topological polar surface area (TPSA) is 58.3 Å². The van der Waals surface area contributed by atoms with Crippen molar-refractivity contribution < 1.29 is 21.6 Å². The Morgan fingerprint density at radius 2 is 1.55 bits per heavy atom. The van der Waals surface area contributed by atoms with Gasteiger partial charge in [-0.25, -0.2) is 4.55 Å². The van der Waals surface area contributed by atoms with Gasteiger partial charge < -0.3 is 4.70 Å².